The van der Waals surface area contributed by atoms with E-state index in [9.17, 15) is 67.2 Å². The highest BCUT2D eigenvalue weighted by Crippen LogP contribution is 2.42. The van der Waals surface area contributed by atoms with Crippen LogP contribution in [0, 0.1) is 61.3 Å². The maximum atomic E-state index is 13.4. The van der Waals surface area contributed by atoms with Gasteiger partial charge in [-0.2, -0.15) is 0 Å². The van der Waals surface area contributed by atoms with Crippen molar-refractivity contribution in [1.29, 1.82) is 0 Å². The molecular weight excluding hydrogens is 945 g/mol. The molecule has 2 bridgehead atoms. The molecule has 1 aromatic heterocycles. The summed E-state index contributed by atoms with van der Waals surface area (Å²) in [5, 5.41) is 42.5. The Balaban J connectivity index is 0.000000263. The number of phenols is 1. The minimum Gasteiger partial charge on any atom is -0.508 e. The van der Waals surface area contributed by atoms with Gasteiger partial charge in [0.2, 0.25) is 12.7 Å². The molecule has 0 radical (unpaired) electrons. The second-order valence-corrected chi connectivity index (χ2v) is 15.7. The summed E-state index contributed by atoms with van der Waals surface area (Å²) in [4.78, 5) is 71.4. The quantitative estimate of drug-likeness (QED) is 0.0196. The fourth-order valence-corrected chi connectivity index (χ4v) is 7.93. The molecule has 3 fully saturated rings. The maximum absolute atomic E-state index is 13.4. The van der Waals surface area contributed by atoms with Crippen molar-refractivity contribution in [2.75, 3.05) is 46.1 Å². The van der Waals surface area contributed by atoms with Crippen LogP contribution >= 0.6 is 0 Å². The monoisotopic (exact) mass is 1000 g/mol. The smallest absolute Gasteiger partial charge is 0.321 e. The predicted octanol–water partition coefficient (Wildman–Crippen LogP) is 7.65. The van der Waals surface area contributed by atoms with Gasteiger partial charge in [0.1, 0.15) is 35.4 Å². The molecule has 4 heterocycles. The van der Waals surface area contributed by atoms with Gasteiger partial charge in [0.25, 0.3) is 0 Å². The van der Waals surface area contributed by atoms with Crippen molar-refractivity contribution in [3.05, 3.63) is 146 Å². The van der Waals surface area contributed by atoms with Gasteiger partial charge in [0.05, 0.1) is 48.9 Å². The van der Waals surface area contributed by atoms with E-state index < -0.39 is 81.5 Å². The van der Waals surface area contributed by atoms with Crippen LogP contribution in [0.5, 0.6) is 5.75 Å². The van der Waals surface area contributed by atoms with E-state index in [0.717, 1.165) is 66.3 Å². The summed E-state index contributed by atoms with van der Waals surface area (Å²) >= 11 is 0. The Morgan fingerprint density at radius 1 is 0.831 bits per heavy atom. The minimum absolute atomic E-state index is 0.0720. The van der Waals surface area contributed by atoms with Gasteiger partial charge in [0.15, 0.2) is 5.92 Å². The predicted molar refractivity (Wildman–Crippen MR) is 248 cm³/mol. The number of rotatable bonds is 17. The standard InChI is InChI=1S/C19H22N2O2.C15H17F2NO6.C8H5F2NO2.C7H12O4/c1-2-12-11-21-8-6-13(12)9-18(21)19(23)15-5-7-20-17-4-3-14(22)10-16(15)17;1-3-23-14(19)13(15(20)24-4-2)12(8-18(21)22)9-5-10(16)7-11(17)6-9;9-7-3-6(1-2-11(12)13)4-8(10)5-7;1-3-10-6(8)5-7(9)11-4-2/h2-5,7,10,12-13,18-19,22-23H,1,6,8-9,11H2;5-7,12-13H,3-4,8H2,1-2H3;1-5H;3-5H2,1-2H3/b;;2-1+;/t12?,13?,18?,19-;12-;;/m11../s1. The maximum Gasteiger partial charge on any atom is 0.321 e. The van der Waals surface area contributed by atoms with E-state index in [1.165, 1.54) is 20.3 Å². The van der Waals surface area contributed by atoms with Crippen LogP contribution in [0.15, 0.2) is 85.7 Å². The summed E-state index contributed by atoms with van der Waals surface area (Å²) in [6.07, 6.45) is 6.79. The van der Waals surface area contributed by atoms with Crippen molar-refractivity contribution in [1.82, 2.24) is 9.88 Å². The zero-order valence-corrected chi connectivity index (χ0v) is 39.4. The number of fused-ring (bicyclic) bond motifs is 4. The van der Waals surface area contributed by atoms with E-state index in [1.807, 2.05) is 6.07 Å². The number of aliphatic hydroxyl groups excluding tert-OH is 1. The first-order chi connectivity index (χ1) is 33.7. The van der Waals surface area contributed by atoms with Crippen molar-refractivity contribution in [2.45, 2.75) is 65.0 Å². The number of nitro groups is 2. The summed E-state index contributed by atoms with van der Waals surface area (Å²) in [6.45, 7) is 11.9. The van der Waals surface area contributed by atoms with Crippen LogP contribution in [0.1, 0.15) is 75.7 Å². The number of ether oxygens (including phenoxy) is 4. The summed E-state index contributed by atoms with van der Waals surface area (Å²) in [5.41, 5.74) is 1.59. The fraction of sp³-hybridized carbons (Fsp3) is 0.408. The Bertz CT molecular complexity index is 2440. The second kappa shape index (κ2) is 29.0. The molecule has 7 rings (SSSR count). The summed E-state index contributed by atoms with van der Waals surface area (Å²) in [7, 11) is 0. The zero-order valence-electron chi connectivity index (χ0n) is 39.4. The molecule has 3 saturated heterocycles. The average Bonchev–Trinajstić information content (AvgIpc) is 3.30. The molecule has 4 unspecified atom stereocenters. The van der Waals surface area contributed by atoms with E-state index in [1.54, 1.807) is 38.2 Å². The van der Waals surface area contributed by atoms with E-state index in [4.69, 9.17) is 9.47 Å². The lowest BCUT2D eigenvalue weighted by Crippen LogP contribution is -2.54. The van der Waals surface area contributed by atoms with Crippen LogP contribution in [0.25, 0.3) is 17.0 Å². The van der Waals surface area contributed by atoms with Gasteiger partial charge in [-0.1, -0.05) is 6.08 Å². The van der Waals surface area contributed by atoms with Crippen LogP contribution in [0.2, 0.25) is 0 Å². The average molecular weight is 1000 g/mol. The van der Waals surface area contributed by atoms with Crippen molar-refractivity contribution >= 4 is 40.9 Å². The third-order valence-electron chi connectivity index (χ3n) is 10.9. The number of benzene rings is 3. The molecule has 0 aliphatic carbocycles. The van der Waals surface area contributed by atoms with E-state index in [2.05, 4.69) is 32.0 Å². The number of nitrogens with zero attached hydrogens (tertiary/aromatic N) is 4. The molecule has 71 heavy (non-hydrogen) atoms. The lowest BCUT2D eigenvalue weighted by atomic mass is 9.73. The molecular formula is C49H56F4N4O14. The van der Waals surface area contributed by atoms with Gasteiger partial charge in [-0.05, 0) is 124 Å². The molecule has 0 saturated carbocycles. The number of halogens is 4. The highest BCUT2D eigenvalue weighted by molar-refractivity contribution is 5.96. The number of pyridine rings is 1. The van der Waals surface area contributed by atoms with Gasteiger partial charge in [0, 0.05) is 47.3 Å². The number of carbonyl (C=O) groups excluding carboxylic acids is 4. The van der Waals surface area contributed by atoms with Crippen molar-refractivity contribution in [2.24, 2.45) is 17.8 Å². The second-order valence-electron chi connectivity index (χ2n) is 15.7. The Morgan fingerprint density at radius 3 is 1.86 bits per heavy atom. The molecule has 3 aliphatic rings. The molecule has 4 aromatic rings. The Hall–Kier alpha value is -7.33. The largest absolute Gasteiger partial charge is 0.508 e. The van der Waals surface area contributed by atoms with E-state index >= 15 is 0 Å². The molecule has 6 atom stereocenters. The fourth-order valence-electron chi connectivity index (χ4n) is 7.93. The number of piperidine rings is 3. The van der Waals surface area contributed by atoms with Crippen LogP contribution in [-0.4, -0.2) is 106 Å². The molecule has 3 aliphatic heterocycles. The summed E-state index contributed by atoms with van der Waals surface area (Å²) < 4.78 is 70.5. The highest BCUT2D eigenvalue weighted by Gasteiger charge is 2.43. The molecule has 0 amide bonds. The highest BCUT2D eigenvalue weighted by atomic mass is 19.1. The third-order valence-corrected chi connectivity index (χ3v) is 10.9. The van der Waals surface area contributed by atoms with E-state index in [-0.39, 0.29) is 55.8 Å². The van der Waals surface area contributed by atoms with E-state index in [0.29, 0.717) is 30.2 Å². The minimum atomic E-state index is -1.70. The first kappa shape index (κ1) is 58.0. The van der Waals surface area contributed by atoms with Gasteiger partial charge in [-0.25, -0.2) is 17.6 Å². The van der Waals surface area contributed by atoms with Crippen LogP contribution < -0.4 is 0 Å². The number of carbonyl (C=O) groups is 4. The van der Waals surface area contributed by atoms with Crippen molar-refractivity contribution in [3.63, 3.8) is 0 Å². The Morgan fingerprint density at radius 2 is 1.38 bits per heavy atom. The Labute approximate surface area is 406 Å². The summed E-state index contributed by atoms with van der Waals surface area (Å²) in [5.74, 6) is -8.41. The molecule has 3 aromatic carbocycles. The topological polar surface area (TPSA) is 248 Å². The van der Waals surface area contributed by atoms with Gasteiger partial charge < -0.3 is 29.2 Å². The number of phenolic OH excluding ortho intramolecular Hbond substituents is 1. The van der Waals surface area contributed by atoms with Crippen LogP contribution in [-0.2, 0) is 38.1 Å². The number of aromatic nitrogens is 1. The molecule has 384 valence electrons. The van der Waals surface area contributed by atoms with Gasteiger partial charge in [-0.15, -0.1) is 6.58 Å². The number of esters is 4. The van der Waals surface area contributed by atoms with Crippen LogP contribution in [0.3, 0.4) is 0 Å². The van der Waals surface area contributed by atoms with Crippen molar-refractivity contribution in [3.8, 4) is 5.75 Å². The first-order valence-corrected chi connectivity index (χ1v) is 22.4. The van der Waals surface area contributed by atoms with Crippen molar-refractivity contribution < 1.29 is 75.7 Å². The van der Waals surface area contributed by atoms with Crippen LogP contribution in [0.4, 0.5) is 17.6 Å². The van der Waals surface area contributed by atoms with Gasteiger partial charge in [-0.3, -0.25) is 49.3 Å². The lowest BCUT2D eigenvalue weighted by molar-refractivity contribution is -0.484. The number of aliphatic hydroxyl groups is 1. The number of aromatic hydroxyl groups is 1. The summed E-state index contributed by atoms with van der Waals surface area (Å²) in [6, 6.07) is 12.1. The Kier molecular flexibility index (Phi) is 23.7. The normalized spacial score (nSPS) is 17.4. The number of hydrogen-bond acceptors (Lipinski definition) is 16. The lowest BCUT2D eigenvalue weighted by Gasteiger charge is -2.50. The van der Waals surface area contributed by atoms with Gasteiger partial charge >= 0.3 is 23.9 Å². The molecule has 22 heteroatoms. The molecule has 0 spiro atoms. The zero-order chi connectivity index (χ0) is 52.8. The SMILES string of the molecule is C=CC1CN2CCC1CC2[C@H](O)c1ccnc2ccc(O)cc12.CCOC(=O)C(C(=O)OCC)[C@H](C[N+](=O)[O-])c1cc(F)cc(F)c1.CCOC(=O)CC(=O)OCC.O=[N+]([O-])/C=C/c1cc(F)cc(F)c1. The molecule has 18 nitrogen and oxygen atoms in total. The third kappa shape index (κ3) is 18.5. The first-order valence-electron chi connectivity index (χ1n) is 22.4. The molecule has 2 N–H and O–H groups in total. The number of hydrogen-bond donors (Lipinski definition) is 2.